The minimum atomic E-state index is -0.467. The van der Waals surface area contributed by atoms with E-state index in [9.17, 15) is 9.18 Å². The minimum absolute atomic E-state index is 0.125. The second-order valence-corrected chi connectivity index (χ2v) is 4.19. The normalized spacial score (nSPS) is 10.1. The van der Waals surface area contributed by atoms with Crippen molar-refractivity contribution in [2.24, 2.45) is 0 Å². The third kappa shape index (κ3) is 3.23. The van der Waals surface area contributed by atoms with Crippen LogP contribution in [0.1, 0.15) is 10.4 Å². The number of aromatic nitrogens is 1. The number of methoxy groups -OCH3 is 1. The molecule has 0 atom stereocenters. The maximum absolute atomic E-state index is 13.0. The number of carbonyl (C=O) groups excluding carboxylic acids is 1. The van der Waals surface area contributed by atoms with E-state index in [0.29, 0.717) is 17.1 Å². The van der Waals surface area contributed by atoms with E-state index in [4.69, 9.17) is 4.74 Å². The lowest BCUT2D eigenvalue weighted by Gasteiger charge is -2.06. The van der Waals surface area contributed by atoms with Gasteiger partial charge in [-0.05, 0) is 24.3 Å². The maximum atomic E-state index is 13.0. The molecule has 1 N–H and O–H groups in total. The van der Waals surface area contributed by atoms with E-state index in [2.05, 4.69) is 22.9 Å². The number of hydrogen-bond acceptors (Lipinski definition) is 4. The van der Waals surface area contributed by atoms with Gasteiger partial charge in [-0.25, -0.2) is 9.37 Å². The number of thiol groups is 1. The number of amides is 1. The minimum Gasteiger partial charge on any atom is -0.481 e. The zero-order chi connectivity index (χ0) is 13.8. The van der Waals surface area contributed by atoms with E-state index in [0.717, 1.165) is 0 Å². The Morgan fingerprint density at radius 3 is 2.74 bits per heavy atom. The van der Waals surface area contributed by atoms with Gasteiger partial charge in [-0.15, -0.1) is 12.6 Å². The van der Waals surface area contributed by atoms with E-state index < -0.39 is 5.82 Å². The van der Waals surface area contributed by atoms with Gasteiger partial charge < -0.3 is 10.1 Å². The molecule has 0 spiro atoms. The van der Waals surface area contributed by atoms with Gasteiger partial charge in [0.15, 0.2) is 0 Å². The Morgan fingerprint density at radius 2 is 2.16 bits per heavy atom. The third-order valence-corrected chi connectivity index (χ3v) is 2.75. The molecule has 0 unspecified atom stereocenters. The van der Waals surface area contributed by atoms with Crippen molar-refractivity contribution in [1.82, 2.24) is 4.98 Å². The monoisotopic (exact) mass is 278 g/mol. The fraction of sp³-hybridized carbons (Fsp3) is 0.0769. The number of nitrogens with one attached hydrogen (secondary N) is 1. The summed E-state index contributed by atoms with van der Waals surface area (Å²) in [5.74, 6) is -0.370. The van der Waals surface area contributed by atoms with Crippen LogP contribution in [-0.2, 0) is 0 Å². The molecule has 0 fully saturated rings. The SMILES string of the molecule is COc1ccc(NC(=O)c2ccc(F)c(S)c2)cn1. The number of halogens is 1. The van der Waals surface area contributed by atoms with Gasteiger partial charge in [-0.3, -0.25) is 4.79 Å². The summed E-state index contributed by atoms with van der Waals surface area (Å²) in [6, 6.07) is 7.24. The van der Waals surface area contributed by atoms with Crippen molar-refractivity contribution in [2.75, 3.05) is 12.4 Å². The lowest BCUT2D eigenvalue weighted by Crippen LogP contribution is -2.12. The van der Waals surface area contributed by atoms with Crippen molar-refractivity contribution in [1.29, 1.82) is 0 Å². The van der Waals surface area contributed by atoms with Gasteiger partial charge in [-0.2, -0.15) is 0 Å². The summed E-state index contributed by atoms with van der Waals surface area (Å²) in [5.41, 5.74) is 0.845. The first-order valence-corrected chi connectivity index (χ1v) is 5.85. The smallest absolute Gasteiger partial charge is 0.255 e. The Bertz CT molecular complexity index is 602. The molecule has 1 aromatic heterocycles. The Kier molecular flexibility index (Phi) is 4.01. The molecule has 0 saturated heterocycles. The first-order valence-electron chi connectivity index (χ1n) is 5.40. The van der Waals surface area contributed by atoms with Crippen molar-refractivity contribution >= 4 is 24.2 Å². The molecule has 0 aliphatic carbocycles. The van der Waals surface area contributed by atoms with E-state index in [-0.39, 0.29) is 10.8 Å². The average molecular weight is 278 g/mol. The van der Waals surface area contributed by atoms with Gasteiger partial charge in [-0.1, -0.05) is 0 Å². The lowest BCUT2D eigenvalue weighted by molar-refractivity contribution is 0.102. The second kappa shape index (κ2) is 5.71. The Labute approximate surface area is 115 Å². The number of ether oxygens (including phenoxy) is 1. The predicted octanol–water partition coefficient (Wildman–Crippen LogP) is 2.77. The molecular formula is C13H11FN2O2S. The Hall–Kier alpha value is -2.08. The summed E-state index contributed by atoms with van der Waals surface area (Å²) in [4.78, 5) is 16.0. The first kappa shape index (κ1) is 13.4. The van der Waals surface area contributed by atoms with E-state index in [1.165, 1.54) is 31.5 Å². The van der Waals surface area contributed by atoms with Crippen LogP contribution in [0.25, 0.3) is 0 Å². The quantitative estimate of drug-likeness (QED) is 0.849. The average Bonchev–Trinajstić information content (AvgIpc) is 2.42. The van der Waals surface area contributed by atoms with Crippen molar-refractivity contribution in [2.45, 2.75) is 4.90 Å². The van der Waals surface area contributed by atoms with Gasteiger partial charge in [0.1, 0.15) is 5.82 Å². The summed E-state index contributed by atoms with van der Waals surface area (Å²) in [6.45, 7) is 0. The molecule has 0 bridgehead atoms. The fourth-order valence-corrected chi connectivity index (χ4v) is 1.65. The number of rotatable bonds is 3. The van der Waals surface area contributed by atoms with Gasteiger partial charge in [0, 0.05) is 16.5 Å². The summed E-state index contributed by atoms with van der Waals surface area (Å²) in [7, 11) is 1.51. The number of hydrogen-bond donors (Lipinski definition) is 2. The van der Waals surface area contributed by atoms with Crippen LogP contribution in [0.5, 0.6) is 5.88 Å². The fourth-order valence-electron chi connectivity index (χ4n) is 1.43. The predicted molar refractivity (Wildman–Crippen MR) is 72.4 cm³/mol. The van der Waals surface area contributed by atoms with E-state index in [1.54, 1.807) is 12.1 Å². The van der Waals surface area contributed by atoms with Crippen LogP contribution >= 0.6 is 12.6 Å². The van der Waals surface area contributed by atoms with E-state index in [1.807, 2.05) is 0 Å². The van der Waals surface area contributed by atoms with Gasteiger partial charge >= 0.3 is 0 Å². The number of carbonyl (C=O) groups is 1. The summed E-state index contributed by atoms with van der Waals surface area (Å²) < 4.78 is 18.0. The molecule has 0 aliphatic heterocycles. The topological polar surface area (TPSA) is 51.2 Å². The number of nitrogens with zero attached hydrogens (tertiary/aromatic N) is 1. The van der Waals surface area contributed by atoms with Crippen LogP contribution in [0.3, 0.4) is 0 Å². The molecule has 2 aromatic rings. The van der Waals surface area contributed by atoms with Crippen LogP contribution in [0.4, 0.5) is 10.1 Å². The van der Waals surface area contributed by atoms with Crippen molar-refractivity contribution in [3.05, 3.63) is 47.9 Å². The lowest BCUT2D eigenvalue weighted by atomic mass is 10.2. The number of anilines is 1. The van der Waals surface area contributed by atoms with Crippen LogP contribution < -0.4 is 10.1 Å². The molecule has 19 heavy (non-hydrogen) atoms. The molecule has 1 aromatic carbocycles. The molecule has 6 heteroatoms. The Balaban J connectivity index is 2.13. The third-order valence-electron chi connectivity index (χ3n) is 2.41. The van der Waals surface area contributed by atoms with Crippen molar-refractivity contribution in [3.8, 4) is 5.88 Å². The van der Waals surface area contributed by atoms with Crippen LogP contribution in [-0.4, -0.2) is 18.0 Å². The largest absolute Gasteiger partial charge is 0.481 e. The molecule has 1 amide bonds. The molecule has 1 heterocycles. The van der Waals surface area contributed by atoms with Gasteiger partial charge in [0.25, 0.3) is 5.91 Å². The van der Waals surface area contributed by atoms with Crippen LogP contribution in [0.2, 0.25) is 0 Å². The summed E-state index contributed by atoms with van der Waals surface area (Å²) in [6.07, 6.45) is 1.47. The number of benzene rings is 1. The van der Waals surface area contributed by atoms with Crippen molar-refractivity contribution < 1.29 is 13.9 Å². The molecule has 0 saturated carbocycles. The standard InChI is InChI=1S/C13H11FN2O2S/c1-18-12-5-3-9(7-15-12)16-13(17)8-2-4-10(14)11(19)6-8/h2-7,19H,1H3,(H,16,17). The van der Waals surface area contributed by atoms with Gasteiger partial charge in [0.05, 0.1) is 19.0 Å². The first-order chi connectivity index (χ1) is 9.10. The Morgan fingerprint density at radius 1 is 1.37 bits per heavy atom. The maximum Gasteiger partial charge on any atom is 0.255 e. The number of pyridine rings is 1. The van der Waals surface area contributed by atoms with Gasteiger partial charge in [0.2, 0.25) is 5.88 Å². The van der Waals surface area contributed by atoms with Crippen LogP contribution in [0, 0.1) is 5.82 Å². The molecule has 0 radical (unpaired) electrons. The molecule has 4 nitrogen and oxygen atoms in total. The highest BCUT2D eigenvalue weighted by Gasteiger charge is 2.08. The van der Waals surface area contributed by atoms with Crippen LogP contribution in [0.15, 0.2) is 41.4 Å². The highest BCUT2D eigenvalue weighted by atomic mass is 32.1. The highest BCUT2D eigenvalue weighted by Crippen LogP contribution is 2.16. The van der Waals surface area contributed by atoms with E-state index >= 15 is 0 Å². The summed E-state index contributed by atoms with van der Waals surface area (Å²) in [5, 5.41) is 2.64. The highest BCUT2D eigenvalue weighted by molar-refractivity contribution is 7.80. The van der Waals surface area contributed by atoms with Crippen molar-refractivity contribution in [3.63, 3.8) is 0 Å². The zero-order valence-electron chi connectivity index (χ0n) is 10.1. The summed E-state index contributed by atoms with van der Waals surface area (Å²) >= 11 is 3.93. The second-order valence-electron chi connectivity index (χ2n) is 3.71. The molecule has 2 rings (SSSR count). The molecular weight excluding hydrogens is 267 g/mol. The molecule has 98 valence electrons. The zero-order valence-corrected chi connectivity index (χ0v) is 10.9. The molecule has 0 aliphatic rings.